The van der Waals surface area contributed by atoms with Crippen molar-refractivity contribution in [3.05, 3.63) is 47.5 Å². The summed E-state index contributed by atoms with van der Waals surface area (Å²) in [6.07, 6.45) is 2.70. The van der Waals surface area contributed by atoms with E-state index in [0.29, 0.717) is 5.57 Å². The van der Waals surface area contributed by atoms with Crippen molar-refractivity contribution in [2.75, 3.05) is 6.54 Å². The summed E-state index contributed by atoms with van der Waals surface area (Å²) in [6.45, 7) is 5.65. The Labute approximate surface area is 109 Å². The Hall–Kier alpha value is -1.61. The molecule has 0 aliphatic carbocycles. The number of nitrogens with one attached hydrogen (secondary N) is 1. The Bertz CT molecular complexity index is 421. The third-order valence-corrected chi connectivity index (χ3v) is 2.86. The van der Waals surface area contributed by atoms with Gasteiger partial charge in [-0.1, -0.05) is 43.3 Å². The monoisotopic (exact) mass is 247 g/mol. The Balaban J connectivity index is 2.63. The number of carbonyl (C=O) groups excluding carboxylic acids is 1. The highest BCUT2D eigenvalue weighted by Crippen LogP contribution is 2.18. The van der Waals surface area contributed by atoms with Gasteiger partial charge in [0.25, 0.3) is 0 Å². The molecule has 98 valence electrons. The zero-order valence-corrected chi connectivity index (χ0v) is 11.2. The quantitative estimate of drug-likeness (QED) is 0.785. The number of carbonyl (C=O) groups is 1. The van der Waals surface area contributed by atoms with Crippen LogP contribution in [0, 0.1) is 0 Å². The molecule has 0 saturated carbocycles. The maximum Gasteiger partial charge on any atom is 0.246 e. The molecule has 0 saturated heterocycles. The van der Waals surface area contributed by atoms with E-state index in [0.717, 1.165) is 12.0 Å². The molecule has 0 fully saturated rings. The fourth-order valence-electron chi connectivity index (χ4n) is 1.69. The first-order chi connectivity index (χ1) is 8.47. The number of benzene rings is 1. The zero-order chi connectivity index (χ0) is 13.6. The summed E-state index contributed by atoms with van der Waals surface area (Å²) in [7, 11) is 0. The molecule has 0 heterocycles. The van der Waals surface area contributed by atoms with Crippen LogP contribution in [0.4, 0.5) is 0 Å². The third kappa shape index (κ3) is 4.00. The molecule has 1 rings (SSSR count). The van der Waals surface area contributed by atoms with Crippen LogP contribution in [0.3, 0.4) is 0 Å². The summed E-state index contributed by atoms with van der Waals surface area (Å²) < 4.78 is 0. The number of hydrogen-bond acceptors (Lipinski definition) is 2. The smallest absolute Gasteiger partial charge is 0.246 e. The lowest BCUT2D eigenvalue weighted by molar-refractivity contribution is -0.118. The predicted molar refractivity (Wildman–Crippen MR) is 73.1 cm³/mol. The fourth-order valence-corrected chi connectivity index (χ4v) is 1.69. The van der Waals surface area contributed by atoms with E-state index >= 15 is 0 Å². The van der Waals surface area contributed by atoms with Crippen LogP contribution in [-0.4, -0.2) is 17.6 Å². The van der Waals surface area contributed by atoms with Gasteiger partial charge in [-0.25, -0.2) is 0 Å². The van der Waals surface area contributed by atoms with Crippen molar-refractivity contribution in [1.29, 1.82) is 0 Å². The van der Waals surface area contributed by atoms with Gasteiger partial charge in [0.05, 0.1) is 6.54 Å². The lowest BCUT2D eigenvalue weighted by Gasteiger charge is -2.24. The highest BCUT2D eigenvalue weighted by Gasteiger charge is 2.23. The molecule has 18 heavy (non-hydrogen) atoms. The molecule has 2 N–H and O–H groups in total. The molecule has 1 atom stereocenters. The van der Waals surface area contributed by atoms with E-state index in [-0.39, 0.29) is 12.5 Å². The van der Waals surface area contributed by atoms with Crippen LogP contribution in [0.1, 0.15) is 32.8 Å². The third-order valence-electron chi connectivity index (χ3n) is 2.86. The number of amides is 1. The molecule has 3 heteroatoms. The van der Waals surface area contributed by atoms with E-state index in [1.54, 1.807) is 13.8 Å². The highest BCUT2D eigenvalue weighted by molar-refractivity contribution is 5.92. The van der Waals surface area contributed by atoms with Crippen LogP contribution in [-0.2, 0) is 10.4 Å². The van der Waals surface area contributed by atoms with Crippen molar-refractivity contribution in [2.45, 2.75) is 32.8 Å². The minimum Gasteiger partial charge on any atom is -0.384 e. The Kier molecular flexibility index (Phi) is 5.10. The molecular weight excluding hydrogens is 226 g/mol. The second kappa shape index (κ2) is 6.36. The van der Waals surface area contributed by atoms with Crippen molar-refractivity contribution in [2.24, 2.45) is 0 Å². The Morgan fingerprint density at radius 3 is 2.56 bits per heavy atom. The van der Waals surface area contributed by atoms with Gasteiger partial charge in [-0.05, 0) is 25.8 Å². The maximum absolute atomic E-state index is 11.7. The molecule has 1 amide bonds. The van der Waals surface area contributed by atoms with E-state index in [4.69, 9.17) is 0 Å². The second-order valence-corrected chi connectivity index (χ2v) is 4.62. The average molecular weight is 247 g/mol. The van der Waals surface area contributed by atoms with Gasteiger partial charge in [0.2, 0.25) is 5.91 Å². The molecule has 1 unspecified atom stereocenters. The maximum atomic E-state index is 11.7. The first-order valence-corrected chi connectivity index (χ1v) is 6.20. The van der Waals surface area contributed by atoms with Crippen LogP contribution in [0.5, 0.6) is 0 Å². The van der Waals surface area contributed by atoms with Gasteiger partial charge >= 0.3 is 0 Å². The Morgan fingerprint density at radius 2 is 2.00 bits per heavy atom. The van der Waals surface area contributed by atoms with E-state index in [1.165, 1.54) is 0 Å². The number of hydrogen-bond donors (Lipinski definition) is 2. The zero-order valence-electron chi connectivity index (χ0n) is 11.2. The van der Waals surface area contributed by atoms with Crippen LogP contribution < -0.4 is 5.32 Å². The molecule has 0 aromatic heterocycles. The van der Waals surface area contributed by atoms with Crippen LogP contribution in [0.15, 0.2) is 42.0 Å². The van der Waals surface area contributed by atoms with Gasteiger partial charge < -0.3 is 10.4 Å². The molecule has 0 aliphatic heterocycles. The van der Waals surface area contributed by atoms with Crippen LogP contribution >= 0.6 is 0 Å². The Morgan fingerprint density at radius 1 is 1.39 bits per heavy atom. The molecule has 0 spiro atoms. The summed E-state index contributed by atoms with van der Waals surface area (Å²) in [6, 6.07) is 9.33. The van der Waals surface area contributed by atoms with E-state index in [1.807, 2.05) is 43.3 Å². The SMILES string of the molecule is CCC=C(C)C(=O)NCC(C)(O)c1ccccc1. The van der Waals surface area contributed by atoms with Gasteiger partial charge in [-0.15, -0.1) is 0 Å². The summed E-state index contributed by atoms with van der Waals surface area (Å²) in [4.78, 5) is 11.7. The molecule has 0 radical (unpaired) electrons. The standard InChI is InChI=1S/C15H21NO2/c1-4-8-12(2)14(17)16-11-15(3,18)13-9-6-5-7-10-13/h5-10,18H,4,11H2,1-3H3,(H,16,17). The minimum atomic E-state index is -1.05. The topological polar surface area (TPSA) is 49.3 Å². The number of allylic oxidation sites excluding steroid dienone is 1. The molecule has 1 aromatic carbocycles. The first kappa shape index (κ1) is 14.5. The predicted octanol–water partition coefficient (Wildman–Crippen LogP) is 2.37. The van der Waals surface area contributed by atoms with Crippen molar-refractivity contribution in [3.63, 3.8) is 0 Å². The molecule has 0 aliphatic rings. The fraction of sp³-hybridized carbons (Fsp3) is 0.400. The lowest BCUT2D eigenvalue weighted by Crippen LogP contribution is -2.38. The van der Waals surface area contributed by atoms with Gasteiger partial charge in [0, 0.05) is 5.57 Å². The van der Waals surface area contributed by atoms with Crippen LogP contribution in [0.25, 0.3) is 0 Å². The minimum absolute atomic E-state index is 0.131. The van der Waals surface area contributed by atoms with Crippen molar-refractivity contribution in [1.82, 2.24) is 5.32 Å². The number of aliphatic hydroxyl groups is 1. The average Bonchev–Trinajstić information content (AvgIpc) is 2.37. The summed E-state index contributed by atoms with van der Waals surface area (Å²) in [5, 5.41) is 13.1. The van der Waals surface area contributed by atoms with Gasteiger partial charge in [-0.2, -0.15) is 0 Å². The second-order valence-electron chi connectivity index (χ2n) is 4.62. The summed E-state index contributed by atoms with van der Waals surface area (Å²) >= 11 is 0. The van der Waals surface area contributed by atoms with Crippen molar-refractivity contribution < 1.29 is 9.90 Å². The van der Waals surface area contributed by atoms with Gasteiger partial charge in [0.15, 0.2) is 0 Å². The van der Waals surface area contributed by atoms with Gasteiger partial charge in [0.1, 0.15) is 5.60 Å². The van der Waals surface area contributed by atoms with E-state index in [2.05, 4.69) is 5.32 Å². The van der Waals surface area contributed by atoms with E-state index in [9.17, 15) is 9.90 Å². The molecule has 0 bridgehead atoms. The van der Waals surface area contributed by atoms with Crippen molar-refractivity contribution in [3.8, 4) is 0 Å². The normalized spacial score (nSPS) is 15.0. The van der Waals surface area contributed by atoms with Crippen molar-refractivity contribution >= 4 is 5.91 Å². The van der Waals surface area contributed by atoms with Crippen LogP contribution in [0.2, 0.25) is 0 Å². The first-order valence-electron chi connectivity index (χ1n) is 6.20. The molecule has 1 aromatic rings. The van der Waals surface area contributed by atoms with E-state index < -0.39 is 5.60 Å². The summed E-state index contributed by atoms with van der Waals surface area (Å²) in [5.74, 6) is -0.131. The molecule has 3 nitrogen and oxygen atoms in total. The molecular formula is C15H21NO2. The van der Waals surface area contributed by atoms with Gasteiger partial charge in [-0.3, -0.25) is 4.79 Å². The highest BCUT2D eigenvalue weighted by atomic mass is 16.3. The number of rotatable bonds is 5. The largest absolute Gasteiger partial charge is 0.384 e. The lowest BCUT2D eigenvalue weighted by atomic mass is 9.96. The summed E-state index contributed by atoms with van der Waals surface area (Å²) in [5.41, 5.74) is 0.424.